The molecule has 3 aromatic rings. The fourth-order valence-electron chi connectivity index (χ4n) is 3.60. The molecule has 7 heteroatoms. The molecule has 32 heavy (non-hydrogen) atoms. The van der Waals surface area contributed by atoms with Crippen LogP contribution in [0.3, 0.4) is 0 Å². The lowest BCUT2D eigenvalue weighted by atomic mass is 10.0. The Bertz CT molecular complexity index is 975. The highest BCUT2D eigenvalue weighted by molar-refractivity contribution is 6.30. The summed E-state index contributed by atoms with van der Waals surface area (Å²) < 4.78 is 18.8. The third-order valence-corrected chi connectivity index (χ3v) is 5.65. The fraction of sp³-hybridized carbons (Fsp3) is 0.400. The first-order valence-corrected chi connectivity index (χ1v) is 11.1. The maximum absolute atomic E-state index is 6.28. The van der Waals surface area contributed by atoms with Crippen molar-refractivity contribution in [3.8, 4) is 11.5 Å². The van der Waals surface area contributed by atoms with Gasteiger partial charge >= 0.3 is 0 Å². The number of hydrogen-bond acceptors (Lipinski definition) is 5. The molecule has 0 aliphatic heterocycles. The number of ether oxygens (including phenoxy) is 3. The van der Waals surface area contributed by atoms with Crippen LogP contribution in [0.25, 0.3) is 0 Å². The number of aryl methyl sites for hydroxylation is 1. The number of hydrogen-bond donors (Lipinski definition) is 0. The van der Waals surface area contributed by atoms with Crippen molar-refractivity contribution in [1.29, 1.82) is 0 Å². The van der Waals surface area contributed by atoms with Crippen LogP contribution in [0.2, 0.25) is 5.02 Å². The normalized spacial score (nSPS) is 12.2. The van der Waals surface area contributed by atoms with E-state index >= 15 is 0 Å². The van der Waals surface area contributed by atoms with Crippen molar-refractivity contribution in [2.24, 2.45) is 7.05 Å². The van der Waals surface area contributed by atoms with Crippen LogP contribution in [0.15, 0.2) is 54.9 Å². The van der Waals surface area contributed by atoms with Crippen molar-refractivity contribution in [1.82, 2.24) is 14.7 Å². The number of rotatable bonds is 12. The minimum absolute atomic E-state index is 0.155. The Kier molecular flexibility index (Phi) is 8.97. The van der Waals surface area contributed by atoms with E-state index in [0.717, 1.165) is 53.6 Å². The zero-order valence-corrected chi connectivity index (χ0v) is 20.0. The van der Waals surface area contributed by atoms with Gasteiger partial charge in [0.15, 0.2) is 11.5 Å². The lowest BCUT2D eigenvalue weighted by Crippen LogP contribution is -2.23. The van der Waals surface area contributed by atoms with E-state index in [1.165, 1.54) is 5.56 Å². The molecule has 0 saturated carbocycles. The molecule has 0 saturated heterocycles. The summed E-state index contributed by atoms with van der Waals surface area (Å²) >= 11 is 6.06. The summed E-state index contributed by atoms with van der Waals surface area (Å²) in [6.45, 7) is 2.56. The van der Waals surface area contributed by atoms with Crippen LogP contribution in [-0.4, -0.2) is 55.6 Å². The second-order valence-electron chi connectivity index (χ2n) is 7.85. The van der Waals surface area contributed by atoms with Gasteiger partial charge in [-0.3, -0.25) is 4.68 Å². The fourth-order valence-corrected chi connectivity index (χ4v) is 3.73. The van der Waals surface area contributed by atoms with Gasteiger partial charge in [-0.2, -0.15) is 5.10 Å². The highest BCUT2D eigenvalue weighted by Crippen LogP contribution is 2.28. The lowest BCUT2D eigenvalue weighted by Gasteiger charge is -2.20. The Morgan fingerprint density at radius 2 is 1.75 bits per heavy atom. The smallest absolute Gasteiger partial charge is 0.160 e. The highest BCUT2D eigenvalue weighted by Gasteiger charge is 2.16. The molecule has 1 unspecified atom stereocenters. The second kappa shape index (κ2) is 11.9. The number of methoxy groups -OCH3 is 2. The van der Waals surface area contributed by atoms with Gasteiger partial charge in [-0.15, -0.1) is 0 Å². The third-order valence-electron chi connectivity index (χ3n) is 5.40. The predicted octanol–water partition coefficient (Wildman–Crippen LogP) is 4.76. The van der Waals surface area contributed by atoms with Gasteiger partial charge in [0, 0.05) is 43.5 Å². The summed E-state index contributed by atoms with van der Waals surface area (Å²) in [6, 6.07) is 13.9. The maximum atomic E-state index is 6.28. The van der Waals surface area contributed by atoms with Gasteiger partial charge in [0.05, 0.1) is 20.4 Å². The number of aromatic nitrogens is 2. The quantitative estimate of drug-likeness (QED) is 0.367. The van der Waals surface area contributed by atoms with E-state index in [-0.39, 0.29) is 6.10 Å². The van der Waals surface area contributed by atoms with Gasteiger partial charge < -0.3 is 19.1 Å². The molecule has 0 aliphatic carbocycles. The van der Waals surface area contributed by atoms with Crippen LogP contribution < -0.4 is 9.47 Å². The van der Waals surface area contributed by atoms with E-state index in [9.17, 15) is 0 Å². The van der Waals surface area contributed by atoms with E-state index in [2.05, 4.69) is 23.1 Å². The molecular formula is C25H32ClN3O3. The SMILES string of the molecule is COc1ccc(CCN(C)CCCOC(c2ccc(Cl)cc2)c2cnn(C)c2)cc1OC. The first kappa shape index (κ1) is 24.1. The lowest BCUT2D eigenvalue weighted by molar-refractivity contribution is 0.0732. The maximum Gasteiger partial charge on any atom is 0.160 e. The average molecular weight is 458 g/mol. The summed E-state index contributed by atoms with van der Waals surface area (Å²) in [7, 11) is 7.37. The van der Waals surface area contributed by atoms with Crippen molar-refractivity contribution >= 4 is 11.6 Å². The van der Waals surface area contributed by atoms with Gasteiger partial charge in [0.1, 0.15) is 6.10 Å². The van der Waals surface area contributed by atoms with Crippen molar-refractivity contribution in [2.75, 3.05) is 41.0 Å². The van der Waals surface area contributed by atoms with Gasteiger partial charge in [-0.05, 0) is 55.3 Å². The van der Waals surface area contributed by atoms with Crippen LogP contribution in [-0.2, 0) is 18.2 Å². The van der Waals surface area contributed by atoms with Crippen molar-refractivity contribution in [3.05, 3.63) is 76.6 Å². The van der Waals surface area contributed by atoms with Crippen LogP contribution in [0, 0.1) is 0 Å². The van der Waals surface area contributed by atoms with E-state index in [1.54, 1.807) is 18.9 Å². The minimum Gasteiger partial charge on any atom is -0.493 e. The topological polar surface area (TPSA) is 48.8 Å². The molecular weight excluding hydrogens is 426 g/mol. The van der Waals surface area contributed by atoms with Crippen molar-refractivity contribution in [3.63, 3.8) is 0 Å². The predicted molar refractivity (Wildman–Crippen MR) is 128 cm³/mol. The number of benzene rings is 2. The Morgan fingerprint density at radius 3 is 2.41 bits per heavy atom. The molecule has 2 aromatic carbocycles. The van der Waals surface area contributed by atoms with E-state index in [4.69, 9.17) is 25.8 Å². The zero-order valence-electron chi connectivity index (χ0n) is 19.3. The number of halogens is 1. The highest BCUT2D eigenvalue weighted by atomic mass is 35.5. The molecule has 172 valence electrons. The van der Waals surface area contributed by atoms with Crippen molar-refractivity contribution < 1.29 is 14.2 Å². The molecule has 1 aromatic heterocycles. The minimum atomic E-state index is -0.155. The van der Waals surface area contributed by atoms with Crippen LogP contribution in [0.4, 0.5) is 0 Å². The average Bonchev–Trinajstić information content (AvgIpc) is 3.24. The third kappa shape index (κ3) is 6.73. The van der Waals surface area contributed by atoms with Gasteiger partial charge in [0.2, 0.25) is 0 Å². The van der Waals surface area contributed by atoms with E-state index < -0.39 is 0 Å². The molecule has 3 rings (SSSR count). The summed E-state index contributed by atoms with van der Waals surface area (Å²) in [5.74, 6) is 1.52. The molecule has 0 radical (unpaired) electrons. The van der Waals surface area contributed by atoms with Crippen LogP contribution in [0.5, 0.6) is 11.5 Å². The Balaban J connectivity index is 1.48. The van der Waals surface area contributed by atoms with Crippen LogP contribution in [0.1, 0.15) is 29.2 Å². The monoisotopic (exact) mass is 457 g/mol. The molecule has 0 amide bonds. The molecule has 1 atom stereocenters. The molecule has 0 fully saturated rings. The first-order chi connectivity index (χ1) is 15.5. The molecule has 0 N–H and O–H groups in total. The largest absolute Gasteiger partial charge is 0.493 e. The van der Waals surface area contributed by atoms with Crippen molar-refractivity contribution in [2.45, 2.75) is 18.9 Å². The Hall–Kier alpha value is -2.54. The van der Waals surface area contributed by atoms with Gasteiger partial charge in [-0.25, -0.2) is 0 Å². The Labute approximate surface area is 195 Å². The zero-order chi connectivity index (χ0) is 22.9. The summed E-state index contributed by atoms with van der Waals surface area (Å²) in [5.41, 5.74) is 3.34. The molecule has 0 aliphatic rings. The van der Waals surface area contributed by atoms with E-state index in [0.29, 0.717) is 6.61 Å². The standard InChI is InChI=1S/C25H32ClN3O3/c1-28(14-12-19-6-11-23(30-3)24(16-19)31-4)13-5-15-32-25(21-17-27-29(2)18-21)20-7-9-22(26)10-8-20/h6-11,16-18,25H,5,12-15H2,1-4H3. The summed E-state index contributed by atoms with van der Waals surface area (Å²) in [4.78, 5) is 2.32. The van der Waals surface area contributed by atoms with Crippen LogP contribution >= 0.6 is 11.6 Å². The number of likely N-dealkylation sites (N-methyl/N-ethyl adjacent to an activating group) is 1. The first-order valence-electron chi connectivity index (χ1n) is 10.7. The number of nitrogens with zero attached hydrogens (tertiary/aromatic N) is 3. The summed E-state index contributed by atoms with van der Waals surface area (Å²) in [6.07, 6.45) is 5.58. The molecule has 0 bridgehead atoms. The van der Waals surface area contributed by atoms with Gasteiger partial charge in [0.25, 0.3) is 0 Å². The summed E-state index contributed by atoms with van der Waals surface area (Å²) in [5, 5.41) is 5.02. The second-order valence-corrected chi connectivity index (χ2v) is 8.28. The Morgan fingerprint density at radius 1 is 1.00 bits per heavy atom. The van der Waals surface area contributed by atoms with Gasteiger partial charge in [-0.1, -0.05) is 29.8 Å². The van der Waals surface area contributed by atoms with E-state index in [1.807, 2.05) is 55.8 Å². The molecule has 1 heterocycles. The molecule has 6 nitrogen and oxygen atoms in total. The molecule has 0 spiro atoms.